The molecular formula is C37H41NO12. The summed E-state index contributed by atoms with van der Waals surface area (Å²) in [5.74, 6) is -2.72. The molecule has 0 saturated carbocycles. The lowest BCUT2D eigenvalue weighted by Crippen LogP contribution is -2.63. The molecule has 1 amide bonds. The molecule has 0 aliphatic carbocycles. The average molecular weight is 692 g/mol. The molecule has 1 heterocycles. The molecule has 1 saturated heterocycles. The number of rotatable bonds is 13. The summed E-state index contributed by atoms with van der Waals surface area (Å²) < 4.78 is 39.7. The first kappa shape index (κ1) is 37.4. The number of hydrogen-bond acceptors (Lipinski definition) is 12. The number of ether oxygens (including phenoxy) is 7. The third kappa shape index (κ3) is 11.1. The van der Waals surface area contributed by atoms with E-state index < -0.39 is 67.3 Å². The first-order chi connectivity index (χ1) is 23.9. The summed E-state index contributed by atoms with van der Waals surface area (Å²) in [7, 11) is 0. The van der Waals surface area contributed by atoms with E-state index in [2.05, 4.69) is 12.2 Å². The molecule has 5 atom stereocenters. The van der Waals surface area contributed by atoms with Crippen molar-refractivity contribution in [3.05, 3.63) is 95.1 Å². The number of anilines is 1. The largest absolute Gasteiger partial charge is 0.463 e. The molecule has 0 bridgehead atoms. The zero-order valence-electron chi connectivity index (χ0n) is 28.5. The number of amides is 1. The van der Waals surface area contributed by atoms with Gasteiger partial charge in [0.1, 0.15) is 25.1 Å². The molecule has 0 radical (unpaired) electrons. The van der Waals surface area contributed by atoms with Crippen molar-refractivity contribution in [3.63, 3.8) is 0 Å². The van der Waals surface area contributed by atoms with E-state index in [1.807, 2.05) is 54.6 Å². The molecule has 50 heavy (non-hydrogen) atoms. The summed E-state index contributed by atoms with van der Waals surface area (Å²) in [5.41, 5.74) is 3.90. The molecule has 1 N–H and O–H groups in total. The Morgan fingerprint density at radius 1 is 0.680 bits per heavy atom. The zero-order chi connectivity index (χ0) is 36.2. The second-order valence-corrected chi connectivity index (χ2v) is 11.5. The van der Waals surface area contributed by atoms with Crippen LogP contribution in [0, 0.1) is 0 Å². The van der Waals surface area contributed by atoms with Gasteiger partial charge in [0.05, 0.1) is 0 Å². The molecule has 3 aromatic carbocycles. The van der Waals surface area contributed by atoms with Gasteiger partial charge in [-0.2, -0.15) is 0 Å². The Hall–Kier alpha value is -5.43. The van der Waals surface area contributed by atoms with Crippen LogP contribution in [0.1, 0.15) is 56.9 Å². The van der Waals surface area contributed by atoms with E-state index in [-0.39, 0.29) is 12.4 Å². The highest BCUT2D eigenvalue weighted by atomic mass is 16.7. The van der Waals surface area contributed by atoms with Crippen LogP contribution in [0.25, 0.3) is 0 Å². The Morgan fingerprint density at radius 2 is 1.30 bits per heavy atom. The van der Waals surface area contributed by atoms with Crippen LogP contribution >= 0.6 is 0 Å². The second kappa shape index (κ2) is 17.8. The molecule has 1 aliphatic heterocycles. The van der Waals surface area contributed by atoms with Crippen LogP contribution in [0.4, 0.5) is 10.5 Å². The molecule has 13 nitrogen and oxygen atoms in total. The third-order valence-electron chi connectivity index (χ3n) is 7.54. The van der Waals surface area contributed by atoms with E-state index in [0.29, 0.717) is 17.7 Å². The fraction of sp³-hybridized carbons (Fsp3) is 0.378. The van der Waals surface area contributed by atoms with Crippen LogP contribution in [-0.4, -0.2) is 67.3 Å². The van der Waals surface area contributed by atoms with Gasteiger partial charge in [-0.05, 0) is 34.7 Å². The molecule has 13 heteroatoms. The standard InChI is InChI=1S/C37H41NO12/c1-6-26-12-14-27(15-13-26)18-29-16-17-30(38-37(43)45-20-28-10-8-7-9-11-28)19-31(29)49-36-35(48-25(5)42)34(47-24(4)41)33(46-23(3)40)32(50-36)21-44-22(2)39/h7-17,19,32-36H,6,18,20-21H2,1-5H3,(H,38,43)/t32-,33-,34+,35-,36+/m1/s1. The highest BCUT2D eigenvalue weighted by Crippen LogP contribution is 2.34. The lowest BCUT2D eigenvalue weighted by atomic mass is 9.97. The van der Waals surface area contributed by atoms with Gasteiger partial charge >= 0.3 is 30.0 Å². The highest BCUT2D eigenvalue weighted by molar-refractivity contribution is 5.85. The van der Waals surface area contributed by atoms with Gasteiger partial charge in [-0.3, -0.25) is 24.5 Å². The van der Waals surface area contributed by atoms with Gasteiger partial charge in [-0.25, -0.2) is 4.79 Å². The summed E-state index contributed by atoms with van der Waals surface area (Å²) in [6, 6.07) is 22.2. The van der Waals surface area contributed by atoms with Crippen LogP contribution in [0.5, 0.6) is 5.75 Å². The Labute approximate surface area is 290 Å². The van der Waals surface area contributed by atoms with Crippen LogP contribution in [0.2, 0.25) is 0 Å². The minimum Gasteiger partial charge on any atom is -0.463 e. The van der Waals surface area contributed by atoms with Crippen molar-refractivity contribution in [2.75, 3.05) is 11.9 Å². The van der Waals surface area contributed by atoms with Gasteiger partial charge in [0.25, 0.3) is 0 Å². The highest BCUT2D eigenvalue weighted by Gasteiger charge is 2.53. The molecular weight excluding hydrogens is 650 g/mol. The Morgan fingerprint density at radius 3 is 1.92 bits per heavy atom. The third-order valence-corrected chi connectivity index (χ3v) is 7.54. The summed E-state index contributed by atoms with van der Waals surface area (Å²) in [5, 5.41) is 2.69. The molecule has 4 rings (SSSR count). The van der Waals surface area contributed by atoms with Crippen molar-refractivity contribution in [1.29, 1.82) is 0 Å². The van der Waals surface area contributed by atoms with Gasteiger partial charge in [0.2, 0.25) is 12.4 Å². The smallest absolute Gasteiger partial charge is 0.411 e. The van der Waals surface area contributed by atoms with E-state index in [1.54, 1.807) is 18.2 Å². The summed E-state index contributed by atoms with van der Waals surface area (Å²) >= 11 is 0. The maximum atomic E-state index is 12.7. The van der Waals surface area contributed by atoms with E-state index in [9.17, 15) is 24.0 Å². The maximum Gasteiger partial charge on any atom is 0.411 e. The fourth-order valence-electron chi connectivity index (χ4n) is 5.29. The number of carbonyl (C=O) groups excluding carboxylic acids is 5. The quantitative estimate of drug-likeness (QED) is 0.188. The lowest BCUT2D eigenvalue weighted by molar-refractivity contribution is -0.288. The van der Waals surface area contributed by atoms with Gasteiger partial charge in [-0.15, -0.1) is 0 Å². The van der Waals surface area contributed by atoms with E-state index in [4.69, 9.17) is 33.2 Å². The van der Waals surface area contributed by atoms with Gasteiger partial charge in [0, 0.05) is 45.9 Å². The minimum atomic E-state index is -1.47. The number of benzene rings is 3. The minimum absolute atomic E-state index is 0.0482. The van der Waals surface area contributed by atoms with Gasteiger partial charge in [0.15, 0.2) is 12.2 Å². The maximum absolute atomic E-state index is 12.7. The van der Waals surface area contributed by atoms with E-state index in [0.717, 1.165) is 43.9 Å². The van der Waals surface area contributed by atoms with E-state index in [1.165, 1.54) is 6.92 Å². The number of hydrogen-bond donors (Lipinski definition) is 1. The van der Waals surface area contributed by atoms with Crippen LogP contribution in [-0.2, 0) is 67.0 Å². The second-order valence-electron chi connectivity index (χ2n) is 11.5. The SMILES string of the molecule is CCc1ccc(Cc2ccc(NC(=O)OCc3ccccc3)cc2O[C@H]2O[C@H](COC(C)=O)[C@@H](OC(C)=O)[C@H](OC(C)=O)[C@H]2OC(C)=O)cc1. The normalized spacial score (nSPS) is 19.7. The number of nitrogens with one attached hydrogen (secondary N) is 1. The predicted octanol–water partition coefficient (Wildman–Crippen LogP) is 5.05. The monoisotopic (exact) mass is 691 g/mol. The van der Waals surface area contributed by atoms with Gasteiger partial charge in [-0.1, -0.05) is 67.6 Å². The van der Waals surface area contributed by atoms with Crippen molar-refractivity contribution >= 4 is 35.7 Å². The van der Waals surface area contributed by atoms with Crippen LogP contribution in [0.15, 0.2) is 72.8 Å². The molecule has 1 aliphatic rings. The van der Waals surface area contributed by atoms with Crippen molar-refractivity contribution in [2.24, 2.45) is 0 Å². The van der Waals surface area contributed by atoms with Crippen LogP contribution in [0.3, 0.4) is 0 Å². The zero-order valence-corrected chi connectivity index (χ0v) is 28.5. The fourth-order valence-corrected chi connectivity index (χ4v) is 5.29. The van der Waals surface area contributed by atoms with Crippen molar-refractivity contribution in [1.82, 2.24) is 0 Å². The summed E-state index contributed by atoms with van der Waals surface area (Å²) in [6.45, 7) is 6.30. The molecule has 3 aromatic rings. The Kier molecular flexibility index (Phi) is 13.3. The molecule has 0 aromatic heterocycles. The first-order valence-electron chi connectivity index (χ1n) is 16.1. The average Bonchev–Trinajstić information content (AvgIpc) is 3.07. The van der Waals surface area contributed by atoms with Crippen molar-refractivity contribution < 1.29 is 57.1 Å². The van der Waals surface area contributed by atoms with Crippen LogP contribution < -0.4 is 10.1 Å². The molecule has 0 unspecified atom stereocenters. The number of esters is 4. The Bertz CT molecular complexity index is 1640. The first-order valence-corrected chi connectivity index (χ1v) is 16.1. The number of carbonyl (C=O) groups is 5. The van der Waals surface area contributed by atoms with E-state index >= 15 is 0 Å². The van der Waals surface area contributed by atoms with Gasteiger partial charge < -0.3 is 33.2 Å². The molecule has 0 spiro atoms. The predicted molar refractivity (Wildman–Crippen MR) is 178 cm³/mol. The lowest BCUT2D eigenvalue weighted by Gasteiger charge is -2.44. The molecule has 266 valence electrons. The number of aryl methyl sites for hydroxylation is 1. The van der Waals surface area contributed by atoms with Crippen molar-refractivity contribution in [2.45, 2.75) is 84.8 Å². The topological polar surface area (TPSA) is 162 Å². The Balaban J connectivity index is 1.71. The molecule has 1 fully saturated rings. The van der Waals surface area contributed by atoms with Crippen molar-refractivity contribution in [3.8, 4) is 5.75 Å². The summed E-state index contributed by atoms with van der Waals surface area (Å²) in [6.07, 6.45) is -6.33. The summed E-state index contributed by atoms with van der Waals surface area (Å²) in [4.78, 5) is 61.3.